The van der Waals surface area contributed by atoms with Crippen LogP contribution in [0.4, 0.5) is 11.6 Å². The Hall–Kier alpha value is -3.67. The summed E-state index contributed by atoms with van der Waals surface area (Å²) < 4.78 is 3.64. The Kier molecular flexibility index (Phi) is 8.66. The van der Waals surface area contributed by atoms with E-state index in [4.69, 9.17) is 4.98 Å². The molecule has 1 saturated carbocycles. The van der Waals surface area contributed by atoms with E-state index in [0.717, 1.165) is 73.7 Å². The molecule has 11 nitrogen and oxygen atoms in total. The van der Waals surface area contributed by atoms with Crippen molar-refractivity contribution in [2.75, 3.05) is 62.2 Å². The lowest BCUT2D eigenvalue weighted by Gasteiger charge is -2.28. The van der Waals surface area contributed by atoms with Crippen LogP contribution in [0.15, 0.2) is 47.3 Å². The second kappa shape index (κ2) is 13.0. The minimum atomic E-state index is -0.406. The van der Waals surface area contributed by atoms with E-state index in [0.29, 0.717) is 57.8 Å². The number of nitrogens with one attached hydrogen (secondary N) is 1. The fourth-order valence-electron chi connectivity index (χ4n) is 7.55. The van der Waals surface area contributed by atoms with E-state index in [1.165, 1.54) is 0 Å². The molecule has 4 aliphatic rings. The zero-order chi connectivity index (χ0) is 30.9. The number of carbonyl (C=O) groups excluding carboxylic acids is 1. The molecule has 2 aromatic heterocycles. The van der Waals surface area contributed by atoms with Crippen LogP contribution in [-0.2, 0) is 6.54 Å². The number of β-amino-alcohol motifs (C(OH)–C–C–N with tert-alkyl or cyclic N) is 2. The summed E-state index contributed by atoms with van der Waals surface area (Å²) in [6.07, 6.45) is 5.68. The number of aliphatic hydroxyl groups is 2. The molecule has 1 aliphatic carbocycles. The third kappa shape index (κ3) is 6.13. The van der Waals surface area contributed by atoms with E-state index in [9.17, 15) is 19.8 Å². The standard InChI is InChI=1S/C34H45N7O4/c42-27-11-15-38(22-27)29-19-24(20-30(36-29)39-16-12-28(43)23-39)21-40-32(33(44)37-17-13-35-14-18-37)31(25-7-3-1-4-8-25)41(34(40)45)26-9-5-2-6-10-26/h1,3-4,7-8,19-20,26-28,35,42-43H,2,5-6,9-18,21-23H2/t27-,28-/m0/s1. The number of aromatic nitrogens is 3. The minimum Gasteiger partial charge on any atom is -0.391 e. The lowest BCUT2D eigenvalue weighted by molar-refractivity contribution is 0.0725. The Labute approximate surface area is 264 Å². The van der Waals surface area contributed by atoms with Gasteiger partial charge in [-0.3, -0.25) is 13.9 Å². The Balaban J connectivity index is 1.38. The van der Waals surface area contributed by atoms with E-state index in [2.05, 4.69) is 15.1 Å². The number of rotatable bonds is 7. The molecule has 3 aromatic rings. The van der Waals surface area contributed by atoms with Crippen LogP contribution in [0.1, 0.15) is 67.0 Å². The van der Waals surface area contributed by atoms with Crippen molar-refractivity contribution in [2.45, 2.75) is 69.7 Å². The van der Waals surface area contributed by atoms with Crippen LogP contribution in [0.5, 0.6) is 0 Å². The second-order valence-electron chi connectivity index (χ2n) is 13.1. The summed E-state index contributed by atoms with van der Waals surface area (Å²) in [7, 11) is 0. The molecule has 3 N–H and O–H groups in total. The van der Waals surface area contributed by atoms with E-state index >= 15 is 0 Å². The van der Waals surface area contributed by atoms with Crippen LogP contribution >= 0.6 is 0 Å². The van der Waals surface area contributed by atoms with Gasteiger partial charge in [0.25, 0.3) is 5.91 Å². The molecule has 0 spiro atoms. The average Bonchev–Trinajstić information content (AvgIpc) is 3.79. The lowest BCUT2D eigenvalue weighted by Crippen LogP contribution is -2.47. The quantitative estimate of drug-likeness (QED) is 0.371. The van der Waals surface area contributed by atoms with Gasteiger partial charge < -0.3 is 30.2 Å². The van der Waals surface area contributed by atoms with Crippen molar-refractivity contribution < 1.29 is 15.0 Å². The second-order valence-corrected chi connectivity index (χ2v) is 13.1. The van der Waals surface area contributed by atoms with Crippen molar-refractivity contribution in [1.82, 2.24) is 24.3 Å². The number of aliphatic hydroxyl groups excluding tert-OH is 2. The molecule has 0 radical (unpaired) electrons. The van der Waals surface area contributed by atoms with Crippen molar-refractivity contribution in [3.8, 4) is 11.3 Å². The van der Waals surface area contributed by atoms with Gasteiger partial charge in [-0.1, -0.05) is 49.6 Å². The van der Waals surface area contributed by atoms with Gasteiger partial charge in [-0.25, -0.2) is 9.78 Å². The SMILES string of the molecule is O=C(c1c(-c2ccccc2)n(C2CCCCC2)c(=O)n1Cc1cc(N2CC[C@H](O)C2)nc(N2CC[C@H](O)C2)c1)N1CCNCC1. The highest BCUT2D eigenvalue weighted by Crippen LogP contribution is 2.35. The van der Waals surface area contributed by atoms with Crippen LogP contribution in [0.25, 0.3) is 11.3 Å². The molecule has 11 heteroatoms. The van der Waals surface area contributed by atoms with Crippen LogP contribution < -0.4 is 20.8 Å². The number of hydrogen-bond donors (Lipinski definition) is 3. The summed E-state index contributed by atoms with van der Waals surface area (Å²) >= 11 is 0. The molecule has 7 rings (SSSR count). The molecule has 3 saturated heterocycles. The van der Waals surface area contributed by atoms with Crippen molar-refractivity contribution >= 4 is 17.5 Å². The van der Waals surface area contributed by atoms with E-state index < -0.39 is 12.2 Å². The largest absolute Gasteiger partial charge is 0.391 e. The van der Waals surface area contributed by atoms with Crippen molar-refractivity contribution in [2.24, 2.45) is 0 Å². The number of carbonyl (C=O) groups is 1. The Morgan fingerprint density at radius 3 is 2.04 bits per heavy atom. The molecular weight excluding hydrogens is 570 g/mol. The van der Waals surface area contributed by atoms with Gasteiger partial charge in [0.15, 0.2) is 0 Å². The smallest absolute Gasteiger partial charge is 0.329 e. The molecule has 5 heterocycles. The minimum absolute atomic E-state index is 0.0398. The summed E-state index contributed by atoms with van der Waals surface area (Å²) in [5.74, 6) is 1.39. The summed E-state index contributed by atoms with van der Waals surface area (Å²) in [6, 6.07) is 14.0. The van der Waals surface area contributed by atoms with Crippen LogP contribution in [0.2, 0.25) is 0 Å². The van der Waals surface area contributed by atoms with Gasteiger partial charge in [0, 0.05) is 64.0 Å². The topological polar surface area (TPSA) is 119 Å². The van der Waals surface area contributed by atoms with Gasteiger partial charge in [0.05, 0.1) is 24.4 Å². The first-order chi connectivity index (χ1) is 22.0. The summed E-state index contributed by atoms with van der Waals surface area (Å²) in [4.78, 5) is 40.2. The molecule has 45 heavy (non-hydrogen) atoms. The predicted octanol–water partition coefficient (Wildman–Crippen LogP) is 2.45. The molecule has 240 valence electrons. The van der Waals surface area contributed by atoms with Crippen molar-refractivity contribution in [3.05, 3.63) is 64.2 Å². The highest BCUT2D eigenvalue weighted by molar-refractivity contribution is 5.99. The van der Waals surface area contributed by atoms with Gasteiger partial charge in [0.1, 0.15) is 17.3 Å². The van der Waals surface area contributed by atoms with Gasteiger partial charge in [0.2, 0.25) is 0 Å². The van der Waals surface area contributed by atoms with Gasteiger partial charge in [-0.05, 0) is 43.4 Å². The maximum atomic E-state index is 14.7. The van der Waals surface area contributed by atoms with E-state index in [-0.39, 0.29) is 24.2 Å². The third-order valence-electron chi connectivity index (χ3n) is 9.94. The Morgan fingerprint density at radius 2 is 1.47 bits per heavy atom. The molecule has 0 unspecified atom stereocenters. The van der Waals surface area contributed by atoms with Gasteiger partial charge in [-0.15, -0.1) is 0 Å². The van der Waals surface area contributed by atoms with E-state index in [1.807, 2.05) is 51.9 Å². The number of benzene rings is 1. The van der Waals surface area contributed by atoms with Crippen LogP contribution in [0, 0.1) is 0 Å². The number of hydrogen-bond acceptors (Lipinski definition) is 8. The van der Waals surface area contributed by atoms with Gasteiger partial charge in [-0.2, -0.15) is 0 Å². The average molecular weight is 616 g/mol. The molecule has 3 aliphatic heterocycles. The zero-order valence-corrected chi connectivity index (χ0v) is 26.0. The summed E-state index contributed by atoms with van der Waals surface area (Å²) in [5, 5.41) is 23.9. The molecule has 1 amide bonds. The van der Waals surface area contributed by atoms with Crippen LogP contribution in [0.3, 0.4) is 0 Å². The molecule has 1 aromatic carbocycles. The number of anilines is 2. The summed E-state index contributed by atoms with van der Waals surface area (Å²) in [5.41, 5.74) is 2.77. The maximum Gasteiger partial charge on any atom is 0.329 e. The first-order valence-corrected chi connectivity index (χ1v) is 16.7. The van der Waals surface area contributed by atoms with Gasteiger partial charge >= 0.3 is 5.69 Å². The molecule has 2 atom stereocenters. The number of amides is 1. The third-order valence-corrected chi connectivity index (χ3v) is 9.94. The Bertz CT molecular complexity index is 1520. The Morgan fingerprint density at radius 1 is 0.844 bits per heavy atom. The zero-order valence-electron chi connectivity index (χ0n) is 26.0. The monoisotopic (exact) mass is 615 g/mol. The fraction of sp³-hybridized carbons (Fsp3) is 0.559. The highest BCUT2D eigenvalue weighted by Gasteiger charge is 2.34. The predicted molar refractivity (Wildman–Crippen MR) is 174 cm³/mol. The lowest BCUT2D eigenvalue weighted by atomic mass is 9.94. The normalized spacial score (nSPS) is 22.8. The molecule has 0 bridgehead atoms. The van der Waals surface area contributed by atoms with E-state index in [1.54, 1.807) is 4.57 Å². The number of imidazole rings is 1. The maximum absolute atomic E-state index is 14.7. The van der Waals surface area contributed by atoms with Crippen LogP contribution in [-0.4, -0.2) is 99.7 Å². The van der Waals surface area contributed by atoms with Crippen molar-refractivity contribution in [3.63, 3.8) is 0 Å². The summed E-state index contributed by atoms with van der Waals surface area (Å²) in [6.45, 7) is 5.25. The fourth-order valence-corrected chi connectivity index (χ4v) is 7.55. The number of pyridine rings is 1. The molecular formula is C34H45N7O4. The number of piperazine rings is 1. The first-order valence-electron chi connectivity index (χ1n) is 16.7. The molecule has 4 fully saturated rings. The number of nitrogens with zero attached hydrogens (tertiary/aromatic N) is 6. The highest BCUT2D eigenvalue weighted by atomic mass is 16.3. The first kappa shape index (κ1) is 30.0. The van der Waals surface area contributed by atoms with Crippen molar-refractivity contribution in [1.29, 1.82) is 0 Å².